The van der Waals surface area contributed by atoms with Crippen LogP contribution in [0, 0.1) is 5.92 Å². The van der Waals surface area contributed by atoms with Crippen LogP contribution in [0.4, 0.5) is 0 Å². The second-order valence-corrected chi connectivity index (χ2v) is 5.95. The normalized spacial score (nSPS) is 12.9. The van der Waals surface area contributed by atoms with Crippen molar-refractivity contribution in [2.75, 3.05) is 7.11 Å². The van der Waals surface area contributed by atoms with E-state index in [-0.39, 0.29) is 11.3 Å². The van der Waals surface area contributed by atoms with Gasteiger partial charge >= 0.3 is 5.97 Å². The third-order valence-corrected chi connectivity index (χ3v) is 4.05. The number of hydrogen-bond donors (Lipinski definition) is 1. The number of nitrogens with one attached hydrogen (secondary N) is 1. The Morgan fingerprint density at radius 2 is 1.88 bits per heavy atom. The minimum Gasteiger partial charge on any atom is -0.469 e. The minimum absolute atomic E-state index is 0.121. The van der Waals surface area contributed by atoms with Crippen LogP contribution in [-0.4, -0.2) is 28.8 Å². The van der Waals surface area contributed by atoms with E-state index < -0.39 is 23.8 Å². The standard InChI is InChI=1S/C19H23N3O4/c1-4-12-22-16(23)11-10-15(21-22)18(24)20-17(13(2)19(25)26-3)14-8-6-5-7-9-14/h5-11,13,17H,4,12H2,1-3H3,(H,20,24)/t13-,17-/m0/s1. The van der Waals surface area contributed by atoms with Gasteiger partial charge in [0.05, 0.1) is 19.1 Å². The van der Waals surface area contributed by atoms with Gasteiger partial charge in [0.25, 0.3) is 11.5 Å². The molecule has 0 spiro atoms. The summed E-state index contributed by atoms with van der Waals surface area (Å²) >= 11 is 0. The molecule has 1 aromatic heterocycles. The van der Waals surface area contributed by atoms with Gasteiger partial charge in [-0.3, -0.25) is 14.4 Å². The molecule has 1 N–H and O–H groups in total. The Morgan fingerprint density at radius 1 is 1.19 bits per heavy atom. The number of rotatable bonds is 7. The molecule has 0 bridgehead atoms. The molecule has 0 saturated carbocycles. The molecule has 1 aromatic carbocycles. The molecular formula is C19H23N3O4. The smallest absolute Gasteiger partial charge is 0.310 e. The van der Waals surface area contributed by atoms with Gasteiger partial charge in [0.2, 0.25) is 0 Å². The number of ether oxygens (including phenoxy) is 1. The minimum atomic E-state index is -0.590. The zero-order valence-electron chi connectivity index (χ0n) is 15.1. The fourth-order valence-electron chi connectivity index (χ4n) is 2.64. The second kappa shape index (κ2) is 8.94. The number of carbonyl (C=O) groups is 2. The van der Waals surface area contributed by atoms with Crippen LogP contribution in [0.25, 0.3) is 0 Å². The van der Waals surface area contributed by atoms with Crippen molar-refractivity contribution in [2.45, 2.75) is 32.9 Å². The summed E-state index contributed by atoms with van der Waals surface area (Å²) in [5.74, 6) is -1.48. The Hall–Kier alpha value is -2.96. The summed E-state index contributed by atoms with van der Waals surface area (Å²) in [7, 11) is 1.31. The number of nitrogens with zero attached hydrogens (tertiary/aromatic N) is 2. The lowest BCUT2D eigenvalue weighted by atomic mass is 9.94. The Balaban J connectivity index is 2.30. The van der Waals surface area contributed by atoms with Crippen LogP contribution in [0.5, 0.6) is 0 Å². The first-order valence-corrected chi connectivity index (χ1v) is 8.49. The van der Waals surface area contributed by atoms with Crippen LogP contribution in [0.15, 0.2) is 47.3 Å². The van der Waals surface area contributed by atoms with Crippen LogP contribution in [0.2, 0.25) is 0 Å². The summed E-state index contributed by atoms with van der Waals surface area (Å²) in [6.07, 6.45) is 0.726. The highest BCUT2D eigenvalue weighted by molar-refractivity contribution is 5.92. The summed E-state index contributed by atoms with van der Waals surface area (Å²) in [6, 6.07) is 11.3. The Bertz CT molecular complexity index is 817. The molecule has 7 nitrogen and oxygen atoms in total. The van der Waals surface area contributed by atoms with E-state index in [1.807, 2.05) is 37.3 Å². The molecule has 1 amide bonds. The molecule has 0 saturated heterocycles. The molecule has 26 heavy (non-hydrogen) atoms. The van der Waals surface area contributed by atoms with E-state index in [0.717, 1.165) is 12.0 Å². The highest BCUT2D eigenvalue weighted by Gasteiger charge is 2.28. The fraction of sp³-hybridized carbons (Fsp3) is 0.368. The molecule has 0 unspecified atom stereocenters. The molecule has 0 aliphatic rings. The highest BCUT2D eigenvalue weighted by Crippen LogP contribution is 2.23. The number of carbonyl (C=O) groups excluding carboxylic acids is 2. The fourth-order valence-corrected chi connectivity index (χ4v) is 2.64. The van der Waals surface area contributed by atoms with E-state index >= 15 is 0 Å². The molecular weight excluding hydrogens is 334 g/mol. The number of esters is 1. The van der Waals surface area contributed by atoms with Gasteiger partial charge in [-0.25, -0.2) is 4.68 Å². The average Bonchev–Trinajstić information content (AvgIpc) is 2.67. The van der Waals surface area contributed by atoms with Crippen LogP contribution < -0.4 is 10.9 Å². The number of aromatic nitrogens is 2. The topological polar surface area (TPSA) is 90.3 Å². The van der Waals surface area contributed by atoms with Gasteiger partial charge in [0.1, 0.15) is 5.69 Å². The van der Waals surface area contributed by atoms with E-state index in [2.05, 4.69) is 10.4 Å². The first kappa shape index (κ1) is 19.4. The third kappa shape index (κ3) is 4.56. The molecule has 2 atom stereocenters. The molecule has 0 aliphatic heterocycles. The van der Waals surface area contributed by atoms with Crippen LogP contribution in [0.3, 0.4) is 0 Å². The van der Waals surface area contributed by atoms with Crippen molar-refractivity contribution in [3.8, 4) is 0 Å². The van der Waals surface area contributed by atoms with Crippen molar-refractivity contribution in [1.82, 2.24) is 15.1 Å². The predicted octanol–water partition coefficient (Wildman–Crippen LogP) is 1.93. The number of hydrogen-bond acceptors (Lipinski definition) is 5. The van der Waals surface area contributed by atoms with Gasteiger partial charge in [-0.2, -0.15) is 5.10 Å². The highest BCUT2D eigenvalue weighted by atomic mass is 16.5. The molecule has 2 rings (SSSR count). The maximum Gasteiger partial charge on any atom is 0.310 e. The summed E-state index contributed by atoms with van der Waals surface area (Å²) in [5.41, 5.74) is 0.641. The molecule has 0 radical (unpaired) electrons. The Morgan fingerprint density at radius 3 is 2.50 bits per heavy atom. The lowest BCUT2D eigenvalue weighted by Crippen LogP contribution is -2.37. The number of aryl methyl sites for hydroxylation is 1. The zero-order valence-corrected chi connectivity index (χ0v) is 15.1. The molecule has 7 heteroatoms. The monoisotopic (exact) mass is 357 g/mol. The van der Waals surface area contributed by atoms with Crippen molar-refractivity contribution in [2.24, 2.45) is 5.92 Å². The Kier molecular flexibility index (Phi) is 6.66. The van der Waals surface area contributed by atoms with Gasteiger partial charge in [0, 0.05) is 12.6 Å². The van der Waals surface area contributed by atoms with Crippen LogP contribution in [0.1, 0.15) is 42.4 Å². The summed E-state index contributed by atoms with van der Waals surface area (Å²) in [4.78, 5) is 36.4. The SMILES string of the molecule is CCCn1nc(C(=O)N[C@H](c2ccccc2)[C@H](C)C(=O)OC)ccc1=O. The van der Waals surface area contributed by atoms with Crippen molar-refractivity contribution in [3.63, 3.8) is 0 Å². The second-order valence-electron chi connectivity index (χ2n) is 5.95. The molecule has 1 heterocycles. The van der Waals surface area contributed by atoms with Gasteiger partial charge in [0.15, 0.2) is 0 Å². The van der Waals surface area contributed by atoms with Crippen molar-refractivity contribution in [1.29, 1.82) is 0 Å². The average molecular weight is 357 g/mol. The van der Waals surface area contributed by atoms with E-state index in [4.69, 9.17) is 4.74 Å². The van der Waals surface area contributed by atoms with E-state index in [1.54, 1.807) is 6.92 Å². The zero-order chi connectivity index (χ0) is 19.1. The van der Waals surface area contributed by atoms with E-state index in [0.29, 0.717) is 6.54 Å². The lowest BCUT2D eigenvalue weighted by Gasteiger charge is -2.24. The maximum absolute atomic E-state index is 12.7. The van der Waals surface area contributed by atoms with Gasteiger partial charge in [-0.1, -0.05) is 37.3 Å². The maximum atomic E-state index is 12.7. The van der Waals surface area contributed by atoms with E-state index in [9.17, 15) is 14.4 Å². The van der Waals surface area contributed by atoms with Crippen LogP contribution in [-0.2, 0) is 16.1 Å². The first-order chi connectivity index (χ1) is 12.5. The molecule has 2 aromatic rings. The lowest BCUT2D eigenvalue weighted by molar-refractivity contribution is -0.145. The van der Waals surface area contributed by atoms with Crippen molar-refractivity contribution < 1.29 is 14.3 Å². The molecule has 0 aliphatic carbocycles. The van der Waals surface area contributed by atoms with E-state index in [1.165, 1.54) is 23.9 Å². The Labute approximate surface area is 152 Å². The van der Waals surface area contributed by atoms with Crippen LogP contribution >= 0.6 is 0 Å². The predicted molar refractivity (Wildman–Crippen MR) is 96.6 cm³/mol. The largest absolute Gasteiger partial charge is 0.469 e. The number of amides is 1. The van der Waals surface area contributed by atoms with Crippen molar-refractivity contribution in [3.05, 3.63) is 64.1 Å². The van der Waals surface area contributed by atoms with Gasteiger partial charge in [-0.05, 0) is 25.0 Å². The summed E-state index contributed by atoms with van der Waals surface area (Å²) in [6.45, 7) is 4.04. The van der Waals surface area contributed by atoms with Gasteiger partial charge < -0.3 is 10.1 Å². The summed E-state index contributed by atoms with van der Waals surface area (Å²) < 4.78 is 6.08. The summed E-state index contributed by atoms with van der Waals surface area (Å²) in [5, 5.41) is 6.94. The van der Waals surface area contributed by atoms with Gasteiger partial charge in [-0.15, -0.1) is 0 Å². The van der Waals surface area contributed by atoms with Crippen molar-refractivity contribution >= 4 is 11.9 Å². The first-order valence-electron chi connectivity index (χ1n) is 8.49. The molecule has 0 fully saturated rings. The quantitative estimate of drug-likeness (QED) is 0.765. The molecule has 138 valence electrons. The third-order valence-electron chi connectivity index (χ3n) is 4.05. The number of benzene rings is 1. The number of methoxy groups -OCH3 is 1.